The van der Waals surface area contributed by atoms with Gasteiger partial charge in [-0.1, -0.05) is 31.9 Å². The van der Waals surface area contributed by atoms with Gasteiger partial charge in [0.05, 0.1) is 6.04 Å². The number of benzene rings is 1. The van der Waals surface area contributed by atoms with E-state index in [0.717, 1.165) is 24.9 Å². The van der Waals surface area contributed by atoms with Gasteiger partial charge in [-0.2, -0.15) is 0 Å². The molecule has 0 radical (unpaired) electrons. The highest BCUT2D eigenvalue weighted by molar-refractivity contribution is 6.00. The molecule has 0 bridgehead atoms. The fourth-order valence-electron chi connectivity index (χ4n) is 2.92. The molecule has 0 amide bonds. The Morgan fingerprint density at radius 1 is 1.20 bits per heavy atom. The molecular weight excluding hydrogens is 246 g/mol. The Morgan fingerprint density at radius 2 is 1.95 bits per heavy atom. The van der Waals surface area contributed by atoms with E-state index >= 15 is 0 Å². The number of fused-ring (bicyclic) bond motifs is 1. The average molecular weight is 273 g/mol. The van der Waals surface area contributed by atoms with Crippen molar-refractivity contribution in [2.24, 2.45) is 0 Å². The van der Waals surface area contributed by atoms with Gasteiger partial charge in [0.2, 0.25) is 0 Å². The fraction of sp³-hybridized carbons (Fsp3) is 0.611. The minimum atomic E-state index is -0.0755. The summed E-state index contributed by atoms with van der Waals surface area (Å²) in [7, 11) is 0. The van der Waals surface area contributed by atoms with Crippen molar-refractivity contribution in [3.8, 4) is 0 Å². The van der Waals surface area contributed by atoms with Crippen LogP contribution in [0.4, 0.5) is 0 Å². The molecule has 0 heterocycles. The van der Waals surface area contributed by atoms with Gasteiger partial charge in [-0.05, 0) is 62.8 Å². The Kier molecular flexibility index (Phi) is 5.78. The summed E-state index contributed by atoms with van der Waals surface area (Å²) in [6.45, 7) is 5.11. The highest BCUT2D eigenvalue weighted by Gasteiger charge is 2.17. The molecule has 2 nitrogen and oxygen atoms in total. The highest BCUT2D eigenvalue weighted by Crippen LogP contribution is 2.22. The first kappa shape index (κ1) is 15.2. The first-order valence-corrected chi connectivity index (χ1v) is 8.11. The topological polar surface area (TPSA) is 29.1 Å². The largest absolute Gasteiger partial charge is 0.307 e. The predicted molar refractivity (Wildman–Crippen MR) is 84.4 cm³/mol. The molecule has 0 saturated carbocycles. The fourth-order valence-corrected chi connectivity index (χ4v) is 2.92. The van der Waals surface area contributed by atoms with Gasteiger partial charge in [0.1, 0.15) is 0 Å². The minimum absolute atomic E-state index is 0.0755. The van der Waals surface area contributed by atoms with E-state index in [1.807, 2.05) is 13.0 Å². The number of carbonyl (C=O) groups is 1. The van der Waals surface area contributed by atoms with Crippen molar-refractivity contribution < 1.29 is 4.79 Å². The van der Waals surface area contributed by atoms with Gasteiger partial charge in [0.25, 0.3) is 0 Å². The number of ketones is 1. The molecule has 1 atom stereocenters. The smallest absolute Gasteiger partial charge is 0.179 e. The first-order chi connectivity index (χ1) is 9.72. The lowest BCUT2D eigenvalue weighted by Gasteiger charge is -2.18. The summed E-state index contributed by atoms with van der Waals surface area (Å²) in [5, 5.41) is 3.35. The summed E-state index contributed by atoms with van der Waals surface area (Å²) < 4.78 is 0. The summed E-state index contributed by atoms with van der Waals surface area (Å²) >= 11 is 0. The summed E-state index contributed by atoms with van der Waals surface area (Å²) in [5.74, 6) is 0.231. The zero-order valence-electron chi connectivity index (χ0n) is 12.9. The molecule has 0 aromatic heterocycles. The van der Waals surface area contributed by atoms with E-state index in [-0.39, 0.29) is 11.8 Å². The van der Waals surface area contributed by atoms with Crippen LogP contribution in [0.3, 0.4) is 0 Å². The molecule has 0 spiro atoms. The molecule has 0 saturated heterocycles. The monoisotopic (exact) mass is 273 g/mol. The number of Topliss-reactive ketones (excluding diaryl/α,β-unsaturated/α-hetero) is 1. The van der Waals surface area contributed by atoms with E-state index in [2.05, 4.69) is 24.4 Å². The SMILES string of the molecule is CCCCCNC(C)C(=O)c1ccc2c(c1)CCCC2. The Balaban J connectivity index is 1.94. The van der Waals surface area contributed by atoms with Crippen LogP contribution in [0.2, 0.25) is 0 Å². The van der Waals surface area contributed by atoms with Crippen molar-refractivity contribution >= 4 is 5.78 Å². The third kappa shape index (κ3) is 3.92. The number of nitrogens with one attached hydrogen (secondary N) is 1. The summed E-state index contributed by atoms with van der Waals surface area (Å²) in [6.07, 6.45) is 8.45. The first-order valence-electron chi connectivity index (χ1n) is 8.11. The molecule has 1 aromatic carbocycles. The third-order valence-electron chi connectivity index (χ3n) is 4.26. The Bertz CT molecular complexity index is 453. The maximum atomic E-state index is 12.4. The number of rotatable bonds is 7. The van der Waals surface area contributed by atoms with E-state index in [9.17, 15) is 4.79 Å². The van der Waals surface area contributed by atoms with Crippen molar-refractivity contribution in [3.63, 3.8) is 0 Å². The Hall–Kier alpha value is -1.15. The second-order valence-electron chi connectivity index (χ2n) is 5.94. The predicted octanol–water partition coefficient (Wildman–Crippen LogP) is 3.92. The molecule has 1 unspecified atom stereocenters. The number of carbonyl (C=O) groups excluding carboxylic acids is 1. The molecule has 2 heteroatoms. The summed E-state index contributed by atoms with van der Waals surface area (Å²) in [4.78, 5) is 12.4. The number of hydrogen-bond donors (Lipinski definition) is 1. The summed E-state index contributed by atoms with van der Waals surface area (Å²) in [5.41, 5.74) is 3.71. The van der Waals surface area contributed by atoms with Crippen LogP contribution in [0.15, 0.2) is 18.2 Å². The minimum Gasteiger partial charge on any atom is -0.307 e. The standard InChI is InChI=1S/C18H27NO/c1-3-4-7-12-19-14(2)18(20)17-11-10-15-8-5-6-9-16(15)13-17/h10-11,13-14,19H,3-9,12H2,1-2H3. The molecule has 0 fully saturated rings. The molecule has 1 aliphatic carbocycles. The van der Waals surface area contributed by atoms with E-state index in [0.29, 0.717) is 0 Å². The van der Waals surface area contributed by atoms with Gasteiger partial charge in [-0.3, -0.25) is 4.79 Å². The average Bonchev–Trinajstić information content (AvgIpc) is 2.50. The summed E-state index contributed by atoms with van der Waals surface area (Å²) in [6, 6.07) is 6.22. The molecule has 110 valence electrons. The van der Waals surface area contributed by atoms with Crippen molar-refractivity contribution in [2.45, 2.75) is 64.8 Å². The van der Waals surface area contributed by atoms with Crippen LogP contribution in [0, 0.1) is 0 Å². The van der Waals surface area contributed by atoms with E-state index in [1.54, 1.807) is 0 Å². The van der Waals surface area contributed by atoms with Crippen LogP contribution in [-0.4, -0.2) is 18.4 Å². The zero-order chi connectivity index (χ0) is 14.4. The second kappa shape index (κ2) is 7.58. The molecule has 20 heavy (non-hydrogen) atoms. The maximum Gasteiger partial charge on any atom is 0.179 e. The second-order valence-corrected chi connectivity index (χ2v) is 5.94. The van der Waals surface area contributed by atoms with Crippen LogP contribution >= 0.6 is 0 Å². The van der Waals surface area contributed by atoms with Crippen LogP contribution in [-0.2, 0) is 12.8 Å². The quantitative estimate of drug-likeness (QED) is 0.602. The normalized spacial score (nSPS) is 15.7. The van der Waals surface area contributed by atoms with Crippen molar-refractivity contribution in [3.05, 3.63) is 34.9 Å². The van der Waals surface area contributed by atoms with Gasteiger partial charge in [-0.25, -0.2) is 0 Å². The molecule has 0 aliphatic heterocycles. The number of unbranched alkanes of at least 4 members (excludes halogenated alkanes) is 2. The zero-order valence-corrected chi connectivity index (χ0v) is 12.9. The lowest BCUT2D eigenvalue weighted by Crippen LogP contribution is -2.34. The maximum absolute atomic E-state index is 12.4. The van der Waals surface area contributed by atoms with Crippen LogP contribution < -0.4 is 5.32 Å². The van der Waals surface area contributed by atoms with Crippen LogP contribution in [0.1, 0.15) is 67.4 Å². The van der Waals surface area contributed by atoms with Gasteiger partial charge < -0.3 is 5.32 Å². The van der Waals surface area contributed by atoms with Gasteiger partial charge in [0.15, 0.2) is 5.78 Å². The number of aryl methyl sites for hydroxylation is 2. The molecule has 1 aliphatic rings. The van der Waals surface area contributed by atoms with E-state index < -0.39 is 0 Å². The molecule has 2 rings (SSSR count). The molecule has 1 N–H and O–H groups in total. The Morgan fingerprint density at radius 3 is 2.70 bits per heavy atom. The Labute approximate surface area is 123 Å². The third-order valence-corrected chi connectivity index (χ3v) is 4.26. The van der Waals surface area contributed by atoms with Crippen LogP contribution in [0.5, 0.6) is 0 Å². The van der Waals surface area contributed by atoms with Gasteiger partial charge in [0, 0.05) is 5.56 Å². The van der Waals surface area contributed by atoms with Crippen LogP contribution in [0.25, 0.3) is 0 Å². The van der Waals surface area contributed by atoms with E-state index in [4.69, 9.17) is 0 Å². The molecular formula is C18H27NO. The lowest BCUT2D eigenvalue weighted by atomic mass is 9.89. The van der Waals surface area contributed by atoms with Gasteiger partial charge in [-0.15, -0.1) is 0 Å². The van der Waals surface area contributed by atoms with Crippen molar-refractivity contribution in [1.82, 2.24) is 5.32 Å². The highest BCUT2D eigenvalue weighted by atomic mass is 16.1. The number of hydrogen-bond acceptors (Lipinski definition) is 2. The van der Waals surface area contributed by atoms with E-state index in [1.165, 1.54) is 43.2 Å². The van der Waals surface area contributed by atoms with Crippen molar-refractivity contribution in [2.75, 3.05) is 6.54 Å². The lowest BCUT2D eigenvalue weighted by molar-refractivity contribution is 0.0951. The van der Waals surface area contributed by atoms with Gasteiger partial charge >= 0.3 is 0 Å². The van der Waals surface area contributed by atoms with Crippen molar-refractivity contribution in [1.29, 1.82) is 0 Å². The molecule has 1 aromatic rings.